The molecule has 0 aliphatic heterocycles. The summed E-state index contributed by atoms with van der Waals surface area (Å²) < 4.78 is 45.5. The van der Waals surface area contributed by atoms with E-state index in [1.165, 1.54) is 0 Å². The monoisotopic (exact) mass is 311 g/mol. The van der Waals surface area contributed by atoms with Gasteiger partial charge in [-0.15, -0.1) is 0 Å². The smallest absolute Gasteiger partial charge is 0.411 e. The van der Waals surface area contributed by atoms with Crippen molar-refractivity contribution in [2.75, 3.05) is 26.9 Å². The quantitative estimate of drug-likeness (QED) is 0.781. The molecule has 20 heavy (non-hydrogen) atoms. The second-order valence-corrected chi connectivity index (χ2v) is 4.65. The Balaban J connectivity index is 2.51. The van der Waals surface area contributed by atoms with Crippen LogP contribution in [0.25, 0.3) is 0 Å². The molecule has 1 atom stereocenters. The molecule has 0 bridgehead atoms. The van der Waals surface area contributed by atoms with Gasteiger partial charge in [0.25, 0.3) is 0 Å². The van der Waals surface area contributed by atoms with E-state index >= 15 is 0 Å². The second kappa shape index (κ2) is 7.71. The fourth-order valence-corrected chi connectivity index (χ4v) is 1.72. The van der Waals surface area contributed by atoms with Crippen molar-refractivity contribution < 1.29 is 22.6 Å². The van der Waals surface area contributed by atoms with Gasteiger partial charge in [-0.1, -0.05) is 11.6 Å². The molecule has 0 heterocycles. The highest BCUT2D eigenvalue weighted by Gasteiger charge is 2.27. The van der Waals surface area contributed by atoms with Crippen molar-refractivity contribution in [3.63, 3.8) is 0 Å². The van der Waals surface area contributed by atoms with E-state index in [9.17, 15) is 13.2 Å². The third kappa shape index (κ3) is 5.98. The van der Waals surface area contributed by atoms with Crippen LogP contribution in [0.1, 0.15) is 18.5 Å². The minimum absolute atomic E-state index is 0.0137. The number of nitrogens with one attached hydrogen (secondary N) is 1. The lowest BCUT2D eigenvalue weighted by molar-refractivity contribution is -0.175. The largest absolute Gasteiger partial charge is 0.491 e. The number of rotatable bonds is 7. The first-order valence-corrected chi connectivity index (χ1v) is 6.45. The summed E-state index contributed by atoms with van der Waals surface area (Å²) in [6.07, 6.45) is -4.31. The Labute approximate surface area is 121 Å². The first-order valence-electron chi connectivity index (χ1n) is 6.07. The molecule has 1 aromatic carbocycles. The van der Waals surface area contributed by atoms with Gasteiger partial charge in [0, 0.05) is 16.6 Å². The van der Waals surface area contributed by atoms with Gasteiger partial charge in [0.1, 0.15) is 19.0 Å². The van der Waals surface area contributed by atoms with Gasteiger partial charge in [-0.3, -0.25) is 0 Å². The van der Waals surface area contributed by atoms with Crippen LogP contribution in [0.4, 0.5) is 13.2 Å². The van der Waals surface area contributed by atoms with Crippen molar-refractivity contribution in [2.24, 2.45) is 0 Å². The van der Waals surface area contributed by atoms with Crippen molar-refractivity contribution in [1.29, 1.82) is 0 Å². The molecule has 0 aromatic heterocycles. The molecule has 1 unspecified atom stereocenters. The minimum atomic E-state index is -4.31. The van der Waals surface area contributed by atoms with Crippen LogP contribution in [0.5, 0.6) is 5.75 Å². The van der Waals surface area contributed by atoms with Gasteiger partial charge in [-0.25, -0.2) is 0 Å². The van der Waals surface area contributed by atoms with E-state index in [1.54, 1.807) is 25.2 Å². The molecule has 1 N–H and O–H groups in total. The van der Waals surface area contributed by atoms with E-state index in [-0.39, 0.29) is 19.3 Å². The zero-order valence-corrected chi connectivity index (χ0v) is 12.0. The molecule has 0 radical (unpaired) electrons. The summed E-state index contributed by atoms with van der Waals surface area (Å²) in [4.78, 5) is 0. The average molecular weight is 312 g/mol. The molecule has 114 valence electrons. The van der Waals surface area contributed by atoms with Crippen molar-refractivity contribution in [1.82, 2.24) is 5.32 Å². The minimum Gasteiger partial charge on any atom is -0.491 e. The molecule has 0 spiro atoms. The van der Waals surface area contributed by atoms with Crippen LogP contribution in [-0.2, 0) is 4.74 Å². The molecule has 0 saturated carbocycles. The van der Waals surface area contributed by atoms with Crippen molar-refractivity contribution in [3.05, 3.63) is 28.8 Å². The SMILES string of the molecule is CNC(C)c1cc(Cl)ccc1OCCOCC(F)(F)F. The lowest BCUT2D eigenvalue weighted by Gasteiger charge is -2.17. The van der Waals surface area contributed by atoms with Crippen molar-refractivity contribution >= 4 is 11.6 Å². The summed E-state index contributed by atoms with van der Waals surface area (Å²) in [6, 6.07) is 5.13. The third-order valence-electron chi connectivity index (χ3n) is 2.62. The summed E-state index contributed by atoms with van der Waals surface area (Å²) in [5.41, 5.74) is 0.843. The fraction of sp³-hybridized carbons (Fsp3) is 0.538. The Morgan fingerprint density at radius 1 is 1.30 bits per heavy atom. The van der Waals surface area contributed by atoms with Crippen LogP contribution in [0.3, 0.4) is 0 Å². The Kier molecular flexibility index (Phi) is 6.58. The summed E-state index contributed by atoms with van der Waals surface area (Å²) in [5.74, 6) is 0.576. The third-order valence-corrected chi connectivity index (χ3v) is 2.86. The molecule has 1 rings (SSSR count). The molecule has 0 saturated heterocycles. The highest BCUT2D eigenvalue weighted by Crippen LogP contribution is 2.28. The first kappa shape index (κ1) is 17.1. The summed E-state index contributed by atoms with van der Waals surface area (Å²) in [6.45, 7) is 0.575. The molecule has 0 amide bonds. The summed E-state index contributed by atoms with van der Waals surface area (Å²) in [5, 5.41) is 3.62. The Morgan fingerprint density at radius 2 is 2.00 bits per heavy atom. The highest BCUT2D eigenvalue weighted by atomic mass is 35.5. The molecule has 1 aromatic rings. The average Bonchev–Trinajstić information content (AvgIpc) is 2.37. The normalized spacial score (nSPS) is 13.3. The van der Waals surface area contributed by atoms with Crippen molar-refractivity contribution in [3.8, 4) is 5.75 Å². The van der Waals surface area contributed by atoms with Crippen molar-refractivity contribution in [2.45, 2.75) is 19.1 Å². The molecule has 0 aliphatic rings. The molecule has 0 aliphatic carbocycles. The van der Waals surface area contributed by atoms with Gasteiger partial charge in [0.15, 0.2) is 0 Å². The van der Waals surface area contributed by atoms with E-state index in [0.717, 1.165) is 5.56 Å². The van der Waals surface area contributed by atoms with Crippen LogP contribution in [0, 0.1) is 0 Å². The maximum atomic E-state index is 11.9. The zero-order valence-electron chi connectivity index (χ0n) is 11.3. The standard InChI is InChI=1S/C13H17ClF3NO2/c1-9(18-2)11-7-10(14)3-4-12(11)20-6-5-19-8-13(15,16)17/h3-4,7,9,18H,5-6,8H2,1-2H3. The lowest BCUT2D eigenvalue weighted by Crippen LogP contribution is -2.20. The van der Waals surface area contributed by atoms with E-state index < -0.39 is 12.8 Å². The van der Waals surface area contributed by atoms with E-state index in [1.807, 2.05) is 6.92 Å². The number of hydrogen-bond donors (Lipinski definition) is 1. The van der Waals surface area contributed by atoms with Crippen LogP contribution in [0.15, 0.2) is 18.2 Å². The number of alkyl halides is 3. The van der Waals surface area contributed by atoms with Gasteiger partial charge < -0.3 is 14.8 Å². The summed E-state index contributed by atoms with van der Waals surface area (Å²) in [7, 11) is 1.79. The van der Waals surface area contributed by atoms with E-state index in [4.69, 9.17) is 16.3 Å². The molecular formula is C13H17ClF3NO2. The second-order valence-electron chi connectivity index (χ2n) is 4.21. The van der Waals surface area contributed by atoms with Gasteiger partial charge >= 0.3 is 6.18 Å². The number of ether oxygens (including phenoxy) is 2. The van der Waals surface area contributed by atoms with Gasteiger partial charge in [-0.2, -0.15) is 13.2 Å². The maximum absolute atomic E-state index is 11.9. The Bertz CT molecular complexity index is 427. The Morgan fingerprint density at radius 3 is 2.60 bits per heavy atom. The van der Waals surface area contributed by atoms with Gasteiger partial charge in [0.05, 0.1) is 6.61 Å². The Hall–Kier alpha value is -0.980. The van der Waals surface area contributed by atoms with E-state index in [0.29, 0.717) is 10.8 Å². The van der Waals surface area contributed by atoms with Crippen LogP contribution in [0.2, 0.25) is 5.02 Å². The fourth-order valence-electron chi connectivity index (χ4n) is 1.54. The maximum Gasteiger partial charge on any atom is 0.411 e. The first-order chi connectivity index (χ1) is 9.33. The highest BCUT2D eigenvalue weighted by molar-refractivity contribution is 6.30. The topological polar surface area (TPSA) is 30.5 Å². The lowest BCUT2D eigenvalue weighted by atomic mass is 10.1. The number of benzene rings is 1. The van der Waals surface area contributed by atoms with Crippen LogP contribution in [-0.4, -0.2) is 33.0 Å². The molecule has 3 nitrogen and oxygen atoms in total. The van der Waals surface area contributed by atoms with Gasteiger partial charge in [-0.05, 0) is 32.2 Å². The number of halogens is 4. The van der Waals surface area contributed by atoms with Gasteiger partial charge in [0.2, 0.25) is 0 Å². The molecule has 0 fully saturated rings. The predicted octanol–water partition coefficient (Wildman–Crippen LogP) is 3.58. The predicted molar refractivity (Wildman–Crippen MR) is 71.3 cm³/mol. The number of hydrogen-bond acceptors (Lipinski definition) is 3. The van der Waals surface area contributed by atoms with Crippen LogP contribution >= 0.6 is 11.6 Å². The molecular weight excluding hydrogens is 295 g/mol. The summed E-state index contributed by atoms with van der Waals surface area (Å²) >= 11 is 5.92. The zero-order chi connectivity index (χ0) is 15.2. The molecule has 7 heteroatoms. The van der Waals surface area contributed by atoms with Crippen LogP contribution < -0.4 is 10.1 Å². The van der Waals surface area contributed by atoms with E-state index in [2.05, 4.69) is 10.1 Å².